The molecule has 0 spiro atoms. The van der Waals surface area contributed by atoms with E-state index in [4.69, 9.17) is 4.84 Å². The summed E-state index contributed by atoms with van der Waals surface area (Å²) in [6, 6.07) is 11.8. The highest BCUT2D eigenvalue weighted by Crippen LogP contribution is 2.11. The number of nitrogens with zero attached hydrogens (tertiary/aromatic N) is 2. The molecule has 0 saturated heterocycles. The van der Waals surface area contributed by atoms with Crippen LogP contribution >= 0.6 is 0 Å². The Morgan fingerprint density at radius 2 is 1.96 bits per heavy atom. The van der Waals surface area contributed by atoms with Crippen molar-refractivity contribution < 1.29 is 9.63 Å². The van der Waals surface area contributed by atoms with Crippen LogP contribution in [-0.2, 0) is 11.4 Å². The first-order valence-corrected chi connectivity index (χ1v) is 7.95. The van der Waals surface area contributed by atoms with Gasteiger partial charge in [-0.25, -0.2) is 4.68 Å². The number of hydroxylamine groups is 1. The largest absolute Gasteiger partial charge is 0.297 e. The molecule has 0 amide bonds. The predicted octanol–water partition coefficient (Wildman–Crippen LogP) is 3.28. The fourth-order valence-corrected chi connectivity index (χ4v) is 2.38. The smallest absolute Gasteiger partial charge is 0.248 e. The Hall–Kier alpha value is -1.98. The maximum atomic E-state index is 12.4. The summed E-state index contributed by atoms with van der Waals surface area (Å²) in [6.45, 7) is 8.38. The number of carbonyl (C=O) groups excluding carboxylic acids is 1. The van der Waals surface area contributed by atoms with Crippen LogP contribution in [-0.4, -0.2) is 21.7 Å². The molecule has 5 nitrogen and oxygen atoms in total. The number of aryl methyl sites for hydroxylation is 2. The van der Waals surface area contributed by atoms with E-state index in [9.17, 15) is 4.79 Å². The minimum Gasteiger partial charge on any atom is -0.297 e. The molecule has 1 N–H and O–H groups in total. The summed E-state index contributed by atoms with van der Waals surface area (Å²) in [6.07, 6.45) is 0.342. The van der Waals surface area contributed by atoms with Crippen molar-refractivity contribution in [3.63, 3.8) is 0 Å². The molecule has 0 unspecified atom stereocenters. The van der Waals surface area contributed by atoms with Gasteiger partial charge in [-0.3, -0.25) is 9.63 Å². The lowest BCUT2D eigenvalue weighted by molar-refractivity contribution is -0.00873. The molecule has 1 aromatic heterocycles. The number of hydrogen-bond donors (Lipinski definition) is 1. The molecule has 23 heavy (non-hydrogen) atoms. The molecule has 0 radical (unpaired) electrons. The molecule has 0 fully saturated rings. The van der Waals surface area contributed by atoms with Crippen molar-refractivity contribution in [2.45, 2.75) is 46.8 Å². The zero-order chi connectivity index (χ0) is 16.8. The van der Waals surface area contributed by atoms with Gasteiger partial charge < -0.3 is 0 Å². The molecule has 2 rings (SSSR count). The third-order valence-corrected chi connectivity index (χ3v) is 3.76. The summed E-state index contributed by atoms with van der Waals surface area (Å²) in [7, 11) is 0. The maximum Gasteiger partial charge on any atom is 0.248 e. The normalized spacial score (nSPS) is 12.6. The van der Waals surface area contributed by atoms with Gasteiger partial charge in [-0.05, 0) is 31.4 Å². The predicted molar refractivity (Wildman–Crippen MR) is 89.9 cm³/mol. The number of rotatable bonds is 7. The second-order valence-electron chi connectivity index (χ2n) is 6.18. The lowest BCUT2D eigenvalue weighted by Crippen LogP contribution is -2.37. The van der Waals surface area contributed by atoms with Crippen molar-refractivity contribution in [3.05, 3.63) is 53.3 Å². The van der Waals surface area contributed by atoms with Gasteiger partial charge >= 0.3 is 0 Å². The molecule has 0 aliphatic rings. The molecule has 1 heterocycles. The highest BCUT2D eigenvalue weighted by Gasteiger charge is 2.20. The number of aromatic nitrogens is 2. The Morgan fingerprint density at radius 1 is 1.26 bits per heavy atom. The quantitative estimate of drug-likeness (QED) is 0.797. The molecular formula is C18H25N3O2. The van der Waals surface area contributed by atoms with Crippen LogP contribution in [0.3, 0.4) is 0 Å². The van der Waals surface area contributed by atoms with Crippen LogP contribution in [0.1, 0.15) is 42.0 Å². The Bertz CT molecular complexity index is 635. The fourth-order valence-electron chi connectivity index (χ4n) is 2.38. The summed E-state index contributed by atoms with van der Waals surface area (Å²) in [5, 5.41) is 4.25. The highest BCUT2D eigenvalue weighted by molar-refractivity contribution is 5.79. The van der Waals surface area contributed by atoms with Gasteiger partial charge in [-0.1, -0.05) is 44.2 Å². The van der Waals surface area contributed by atoms with E-state index in [-0.39, 0.29) is 17.9 Å². The number of benzene rings is 1. The number of carbonyl (C=O) groups is 1. The second-order valence-corrected chi connectivity index (χ2v) is 6.18. The van der Waals surface area contributed by atoms with Crippen LogP contribution in [0.2, 0.25) is 0 Å². The molecule has 0 saturated carbocycles. The molecule has 0 bridgehead atoms. The van der Waals surface area contributed by atoms with E-state index in [1.165, 1.54) is 4.68 Å². The van der Waals surface area contributed by atoms with Gasteiger partial charge in [0.1, 0.15) is 0 Å². The first kappa shape index (κ1) is 17.4. The van der Waals surface area contributed by atoms with Crippen molar-refractivity contribution in [3.8, 4) is 0 Å². The van der Waals surface area contributed by atoms with Gasteiger partial charge in [-0.2, -0.15) is 10.6 Å². The lowest BCUT2D eigenvalue weighted by Gasteiger charge is -2.21. The average Bonchev–Trinajstić information content (AvgIpc) is 2.85. The van der Waals surface area contributed by atoms with Crippen LogP contribution in [0, 0.1) is 19.8 Å². The Morgan fingerprint density at radius 3 is 2.52 bits per heavy atom. The molecular weight excluding hydrogens is 290 g/mol. The molecule has 1 atom stereocenters. The van der Waals surface area contributed by atoms with Crippen LogP contribution in [0.5, 0.6) is 0 Å². The van der Waals surface area contributed by atoms with Crippen LogP contribution in [0.25, 0.3) is 0 Å². The maximum absolute atomic E-state index is 12.4. The third-order valence-electron chi connectivity index (χ3n) is 3.76. The first-order valence-electron chi connectivity index (χ1n) is 7.95. The summed E-state index contributed by atoms with van der Waals surface area (Å²) in [5.74, 6) is 0.247. The molecule has 1 aromatic carbocycles. The molecule has 2 aromatic rings. The van der Waals surface area contributed by atoms with Gasteiger partial charge in [0.25, 0.3) is 0 Å². The minimum atomic E-state index is -0.0601. The van der Waals surface area contributed by atoms with Gasteiger partial charge in [-0.15, -0.1) is 0 Å². The monoisotopic (exact) mass is 315 g/mol. The van der Waals surface area contributed by atoms with Gasteiger partial charge in [0.05, 0.1) is 12.3 Å². The highest BCUT2D eigenvalue weighted by atomic mass is 16.6. The third kappa shape index (κ3) is 5.01. The molecule has 5 heteroatoms. The fraction of sp³-hybridized carbons (Fsp3) is 0.444. The Balaban J connectivity index is 1.91. The SMILES string of the molecule is Cc1cc(C)n(C(=O)C[C@H](NOCc2ccccc2)C(C)C)n1. The summed E-state index contributed by atoms with van der Waals surface area (Å²) in [5.41, 5.74) is 5.84. The van der Waals surface area contributed by atoms with Gasteiger partial charge in [0.2, 0.25) is 5.91 Å². The first-order chi connectivity index (χ1) is 11.0. The summed E-state index contributed by atoms with van der Waals surface area (Å²) < 4.78 is 1.48. The van der Waals surface area contributed by atoms with Gasteiger partial charge in [0.15, 0.2) is 0 Å². The van der Waals surface area contributed by atoms with Crippen LogP contribution in [0.4, 0.5) is 0 Å². The second kappa shape index (κ2) is 8.04. The lowest BCUT2D eigenvalue weighted by atomic mass is 10.0. The van der Waals surface area contributed by atoms with E-state index in [0.29, 0.717) is 13.0 Å². The van der Waals surface area contributed by atoms with Crippen LogP contribution < -0.4 is 5.48 Å². The Kier molecular flexibility index (Phi) is 6.07. The molecule has 0 aliphatic carbocycles. The van der Waals surface area contributed by atoms with E-state index in [1.807, 2.05) is 50.2 Å². The van der Waals surface area contributed by atoms with Crippen LogP contribution in [0.15, 0.2) is 36.4 Å². The van der Waals surface area contributed by atoms with Gasteiger partial charge in [0, 0.05) is 18.2 Å². The van der Waals surface area contributed by atoms with Crippen molar-refractivity contribution in [1.29, 1.82) is 0 Å². The number of hydrogen-bond acceptors (Lipinski definition) is 4. The summed E-state index contributed by atoms with van der Waals surface area (Å²) >= 11 is 0. The minimum absolute atomic E-state index is 0.0230. The van der Waals surface area contributed by atoms with Crippen molar-refractivity contribution in [2.75, 3.05) is 0 Å². The van der Waals surface area contributed by atoms with Crippen molar-refractivity contribution in [2.24, 2.45) is 5.92 Å². The Labute approximate surface area is 137 Å². The van der Waals surface area contributed by atoms with E-state index in [0.717, 1.165) is 17.0 Å². The van der Waals surface area contributed by atoms with E-state index < -0.39 is 0 Å². The number of nitrogens with one attached hydrogen (secondary N) is 1. The molecule has 124 valence electrons. The zero-order valence-electron chi connectivity index (χ0n) is 14.2. The molecule has 0 aliphatic heterocycles. The van der Waals surface area contributed by atoms with Crippen molar-refractivity contribution in [1.82, 2.24) is 15.3 Å². The van der Waals surface area contributed by atoms with E-state index >= 15 is 0 Å². The van der Waals surface area contributed by atoms with E-state index in [2.05, 4.69) is 24.4 Å². The van der Waals surface area contributed by atoms with Crippen molar-refractivity contribution >= 4 is 5.91 Å². The summed E-state index contributed by atoms with van der Waals surface area (Å²) in [4.78, 5) is 18.0. The standard InChI is InChI=1S/C18H25N3O2/c1-13(2)17(20-23-12-16-8-6-5-7-9-16)11-18(22)21-15(4)10-14(3)19-21/h5-10,13,17,20H,11-12H2,1-4H3/t17-/m0/s1. The zero-order valence-corrected chi connectivity index (χ0v) is 14.2. The van der Waals surface area contributed by atoms with E-state index in [1.54, 1.807) is 0 Å². The average molecular weight is 315 g/mol. The topological polar surface area (TPSA) is 56.2 Å².